The van der Waals surface area contributed by atoms with Gasteiger partial charge in [0.2, 0.25) is 0 Å². The van der Waals surface area contributed by atoms with Crippen molar-refractivity contribution in [2.75, 3.05) is 0 Å². The fourth-order valence-corrected chi connectivity index (χ4v) is 2.39. The molecule has 2 aromatic carbocycles. The lowest BCUT2D eigenvalue weighted by molar-refractivity contribution is 0.112. The number of hydrogen-bond donors (Lipinski definition) is 0. The van der Waals surface area contributed by atoms with Gasteiger partial charge in [0.1, 0.15) is 24.5 Å². The van der Waals surface area contributed by atoms with Crippen molar-refractivity contribution in [2.24, 2.45) is 5.92 Å². The van der Waals surface area contributed by atoms with Crippen LogP contribution in [0.5, 0.6) is 5.75 Å². The molecule has 0 spiro atoms. The monoisotopic (exact) mass is 300 g/mol. The number of rotatable bonds is 6. The predicted molar refractivity (Wildman–Crippen MR) is 85.8 cm³/mol. The van der Waals surface area contributed by atoms with E-state index in [1.54, 1.807) is 31.2 Å². The maximum atomic E-state index is 14.0. The number of aryl methyl sites for hydroxylation is 1. The van der Waals surface area contributed by atoms with Gasteiger partial charge in [-0.1, -0.05) is 32.0 Å². The van der Waals surface area contributed by atoms with Gasteiger partial charge < -0.3 is 4.74 Å². The van der Waals surface area contributed by atoms with Crippen LogP contribution in [-0.2, 0) is 13.0 Å². The number of aldehydes is 1. The molecule has 0 bridgehead atoms. The topological polar surface area (TPSA) is 26.3 Å². The van der Waals surface area contributed by atoms with E-state index in [0.717, 1.165) is 18.3 Å². The first-order valence-electron chi connectivity index (χ1n) is 7.46. The molecule has 0 heterocycles. The third kappa shape index (κ3) is 3.94. The Bertz CT molecular complexity index is 662. The fraction of sp³-hybridized carbons (Fsp3) is 0.316. The maximum Gasteiger partial charge on any atom is 0.150 e. The van der Waals surface area contributed by atoms with Crippen molar-refractivity contribution in [2.45, 2.75) is 33.8 Å². The normalized spacial score (nSPS) is 10.8. The quantitative estimate of drug-likeness (QED) is 0.721. The second-order valence-corrected chi connectivity index (χ2v) is 5.92. The number of benzene rings is 2. The predicted octanol–water partition coefficient (Wildman–Crippen LogP) is 4.72. The van der Waals surface area contributed by atoms with Gasteiger partial charge in [0.05, 0.1) is 0 Å². The summed E-state index contributed by atoms with van der Waals surface area (Å²) in [6.07, 6.45) is 1.64. The van der Waals surface area contributed by atoms with Crippen LogP contribution in [0.1, 0.15) is 40.9 Å². The third-order valence-electron chi connectivity index (χ3n) is 3.50. The fourth-order valence-electron chi connectivity index (χ4n) is 2.39. The molecule has 0 aliphatic rings. The Labute approximate surface area is 130 Å². The van der Waals surface area contributed by atoms with E-state index in [-0.39, 0.29) is 12.4 Å². The number of carbonyl (C=O) groups excluding carboxylic acids is 1. The number of halogens is 1. The summed E-state index contributed by atoms with van der Waals surface area (Å²) in [5.74, 6) is 0.928. The largest absolute Gasteiger partial charge is 0.489 e. The summed E-state index contributed by atoms with van der Waals surface area (Å²) in [5, 5.41) is 0. The van der Waals surface area contributed by atoms with Gasteiger partial charge >= 0.3 is 0 Å². The van der Waals surface area contributed by atoms with Crippen LogP contribution in [0.15, 0.2) is 36.4 Å². The van der Waals surface area contributed by atoms with Crippen LogP contribution in [0, 0.1) is 18.7 Å². The summed E-state index contributed by atoms with van der Waals surface area (Å²) in [4.78, 5) is 10.9. The van der Waals surface area contributed by atoms with Gasteiger partial charge in [-0.25, -0.2) is 4.39 Å². The van der Waals surface area contributed by atoms with Gasteiger partial charge in [-0.15, -0.1) is 0 Å². The molecule has 0 amide bonds. The highest BCUT2D eigenvalue weighted by molar-refractivity contribution is 5.75. The van der Waals surface area contributed by atoms with E-state index >= 15 is 0 Å². The second kappa shape index (κ2) is 7.21. The zero-order chi connectivity index (χ0) is 16.1. The Kier molecular flexibility index (Phi) is 5.31. The van der Waals surface area contributed by atoms with Crippen LogP contribution >= 0.6 is 0 Å². The SMILES string of the molecule is Cc1cccc(COc2ccc(C=O)cc2CC(C)C)c1F. The van der Waals surface area contributed by atoms with Gasteiger partial charge in [-0.3, -0.25) is 4.79 Å². The van der Waals surface area contributed by atoms with Crippen molar-refractivity contribution in [3.05, 3.63) is 64.5 Å². The van der Waals surface area contributed by atoms with Gasteiger partial charge in [0, 0.05) is 11.1 Å². The summed E-state index contributed by atoms with van der Waals surface area (Å²) < 4.78 is 19.8. The van der Waals surface area contributed by atoms with Crippen LogP contribution in [0.4, 0.5) is 4.39 Å². The molecule has 2 nitrogen and oxygen atoms in total. The summed E-state index contributed by atoms with van der Waals surface area (Å²) >= 11 is 0. The van der Waals surface area contributed by atoms with Gasteiger partial charge in [0.25, 0.3) is 0 Å². The zero-order valence-corrected chi connectivity index (χ0v) is 13.2. The third-order valence-corrected chi connectivity index (χ3v) is 3.50. The highest BCUT2D eigenvalue weighted by Crippen LogP contribution is 2.24. The number of hydrogen-bond acceptors (Lipinski definition) is 2. The van der Waals surface area contributed by atoms with Crippen molar-refractivity contribution >= 4 is 6.29 Å². The van der Waals surface area contributed by atoms with E-state index < -0.39 is 0 Å². The maximum absolute atomic E-state index is 14.0. The molecule has 0 atom stereocenters. The molecular weight excluding hydrogens is 279 g/mol. The van der Waals surface area contributed by atoms with Crippen LogP contribution in [-0.4, -0.2) is 6.29 Å². The molecule has 0 unspecified atom stereocenters. The number of ether oxygens (including phenoxy) is 1. The summed E-state index contributed by atoms with van der Waals surface area (Å²) in [5.41, 5.74) is 2.76. The average molecular weight is 300 g/mol. The second-order valence-electron chi connectivity index (χ2n) is 5.92. The van der Waals surface area contributed by atoms with E-state index in [9.17, 15) is 9.18 Å². The summed E-state index contributed by atoms with van der Waals surface area (Å²) in [7, 11) is 0. The molecule has 0 N–H and O–H groups in total. The van der Waals surface area contributed by atoms with E-state index in [2.05, 4.69) is 13.8 Å². The number of carbonyl (C=O) groups is 1. The molecule has 0 radical (unpaired) electrons. The zero-order valence-electron chi connectivity index (χ0n) is 13.2. The van der Waals surface area contributed by atoms with Gasteiger partial charge in [-0.2, -0.15) is 0 Å². The first kappa shape index (κ1) is 16.2. The standard InChI is InChI=1S/C19H21FO2/c1-13(2)9-17-10-15(11-21)7-8-18(17)22-12-16-6-4-5-14(3)19(16)20/h4-8,10-11,13H,9,12H2,1-3H3. The van der Waals surface area contributed by atoms with Crippen molar-refractivity contribution in [3.8, 4) is 5.75 Å². The molecule has 0 aliphatic heterocycles. The summed E-state index contributed by atoms with van der Waals surface area (Å²) in [6.45, 7) is 6.14. The van der Waals surface area contributed by atoms with E-state index in [1.165, 1.54) is 0 Å². The first-order chi connectivity index (χ1) is 10.5. The Morgan fingerprint density at radius 2 is 1.95 bits per heavy atom. The minimum Gasteiger partial charge on any atom is -0.489 e. The highest BCUT2D eigenvalue weighted by Gasteiger charge is 2.10. The molecule has 2 rings (SSSR count). The highest BCUT2D eigenvalue weighted by atomic mass is 19.1. The van der Waals surface area contributed by atoms with Crippen LogP contribution in [0.25, 0.3) is 0 Å². The molecule has 0 aromatic heterocycles. The Balaban J connectivity index is 2.21. The Hall–Kier alpha value is -2.16. The van der Waals surface area contributed by atoms with Crippen molar-refractivity contribution in [1.82, 2.24) is 0 Å². The molecule has 0 saturated carbocycles. The van der Waals surface area contributed by atoms with Gasteiger partial charge in [0.15, 0.2) is 0 Å². The van der Waals surface area contributed by atoms with Crippen LogP contribution in [0.3, 0.4) is 0 Å². The van der Waals surface area contributed by atoms with Crippen molar-refractivity contribution in [3.63, 3.8) is 0 Å². The smallest absolute Gasteiger partial charge is 0.150 e. The minimum atomic E-state index is -0.225. The molecule has 116 valence electrons. The molecule has 2 aromatic rings. The average Bonchev–Trinajstić information content (AvgIpc) is 2.49. The molecule has 22 heavy (non-hydrogen) atoms. The van der Waals surface area contributed by atoms with E-state index in [1.807, 2.05) is 12.1 Å². The lowest BCUT2D eigenvalue weighted by atomic mass is 10.00. The van der Waals surface area contributed by atoms with Crippen LogP contribution < -0.4 is 4.74 Å². The molecule has 0 aliphatic carbocycles. The van der Waals surface area contributed by atoms with Crippen LogP contribution in [0.2, 0.25) is 0 Å². The Morgan fingerprint density at radius 3 is 2.64 bits per heavy atom. The lowest BCUT2D eigenvalue weighted by Gasteiger charge is -2.14. The lowest BCUT2D eigenvalue weighted by Crippen LogP contribution is -2.04. The summed E-state index contributed by atoms with van der Waals surface area (Å²) in [6, 6.07) is 10.6. The van der Waals surface area contributed by atoms with E-state index in [4.69, 9.17) is 4.74 Å². The molecular formula is C19H21FO2. The van der Waals surface area contributed by atoms with E-state index in [0.29, 0.717) is 28.4 Å². The van der Waals surface area contributed by atoms with Gasteiger partial charge in [-0.05, 0) is 48.6 Å². The first-order valence-corrected chi connectivity index (χ1v) is 7.46. The van der Waals surface area contributed by atoms with Crippen molar-refractivity contribution in [1.29, 1.82) is 0 Å². The minimum absolute atomic E-state index is 0.180. The molecule has 0 saturated heterocycles. The Morgan fingerprint density at radius 1 is 1.18 bits per heavy atom. The molecule has 0 fully saturated rings. The van der Waals surface area contributed by atoms with Crippen molar-refractivity contribution < 1.29 is 13.9 Å². The molecule has 3 heteroatoms.